The summed E-state index contributed by atoms with van der Waals surface area (Å²) >= 11 is 1.45. The van der Waals surface area contributed by atoms with E-state index >= 15 is 0 Å². The number of nitrogens with zero attached hydrogens (tertiary/aromatic N) is 3. The maximum atomic E-state index is 12.7. The van der Waals surface area contributed by atoms with E-state index in [1.54, 1.807) is 4.90 Å². The average Bonchev–Trinajstić information content (AvgIpc) is 3.00. The molecule has 0 aliphatic heterocycles. The van der Waals surface area contributed by atoms with E-state index < -0.39 is 12.1 Å². The molecule has 152 valence electrons. The molecule has 0 aliphatic carbocycles. The Morgan fingerprint density at radius 2 is 1.93 bits per heavy atom. The first-order valence-corrected chi connectivity index (χ1v) is 10.2. The molecule has 1 aromatic carbocycles. The first-order valence-electron chi connectivity index (χ1n) is 9.34. The molecule has 0 fully saturated rings. The van der Waals surface area contributed by atoms with Crippen LogP contribution in [0.25, 0.3) is 10.2 Å². The maximum Gasteiger partial charge on any atom is 0.326 e. The number of benzene rings is 1. The van der Waals surface area contributed by atoms with Crippen LogP contribution in [0.2, 0.25) is 0 Å². The number of likely N-dealkylation sites (N-methyl/N-ethyl adjacent to an activating group) is 1. The highest BCUT2D eigenvalue weighted by molar-refractivity contribution is 7.18. The summed E-state index contributed by atoms with van der Waals surface area (Å²) in [5.74, 6) is -0.986. The lowest BCUT2D eigenvalue weighted by Crippen LogP contribution is -2.40. The summed E-state index contributed by atoms with van der Waals surface area (Å²) in [6.45, 7) is 7.32. The van der Waals surface area contributed by atoms with Gasteiger partial charge in [0, 0.05) is 17.1 Å². The van der Waals surface area contributed by atoms with Gasteiger partial charge in [0.05, 0.1) is 11.7 Å². The molecule has 3 rings (SSSR count). The van der Waals surface area contributed by atoms with E-state index in [0.29, 0.717) is 16.8 Å². The molecule has 0 saturated heterocycles. The molecule has 8 heteroatoms. The molecule has 0 spiro atoms. The van der Waals surface area contributed by atoms with E-state index in [4.69, 9.17) is 4.74 Å². The lowest BCUT2D eigenvalue weighted by Gasteiger charge is -2.24. The van der Waals surface area contributed by atoms with E-state index in [2.05, 4.69) is 4.98 Å². The number of hydrogen-bond acceptors (Lipinski definition) is 6. The minimum Gasteiger partial charge on any atom is -0.451 e. The zero-order chi connectivity index (χ0) is 21.1. The normalized spacial score (nSPS) is 12.0. The Bertz CT molecular complexity index is 1100. The molecule has 0 radical (unpaired) electrons. The van der Waals surface area contributed by atoms with Crippen molar-refractivity contribution >= 4 is 39.1 Å². The molecule has 0 saturated carbocycles. The summed E-state index contributed by atoms with van der Waals surface area (Å²) in [5, 5.41) is 0.521. The number of ether oxygens (including phenoxy) is 1. The molecule has 2 heterocycles. The van der Waals surface area contributed by atoms with Gasteiger partial charge in [0.1, 0.15) is 11.4 Å². The number of rotatable bonds is 6. The van der Waals surface area contributed by atoms with Crippen LogP contribution in [0, 0.1) is 13.8 Å². The molecule has 1 atom stereocenters. The number of amides is 1. The number of aromatic nitrogens is 2. The van der Waals surface area contributed by atoms with Crippen molar-refractivity contribution in [1.29, 1.82) is 0 Å². The van der Waals surface area contributed by atoms with Crippen LogP contribution in [-0.2, 0) is 20.9 Å². The molecule has 2 aromatic heterocycles. The van der Waals surface area contributed by atoms with Gasteiger partial charge in [-0.2, -0.15) is 0 Å². The summed E-state index contributed by atoms with van der Waals surface area (Å²) < 4.78 is 6.53. The highest BCUT2D eigenvalue weighted by Gasteiger charge is 2.24. The minimum absolute atomic E-state index is 0.285. The number of thiophene rings is 1. The van der Waals surface area contributed by atoms with Crippen molar-refractivity contribution in [2.24, 2.45) is 0 Å². The Balaban J connectivity index is 1.72. The SMILES string of the molecule is CCN(C(=O)[C@H](C)OC(=O)Cn1cnc2sc(C)c(C)c2c1=O)c1ccccc1. The molecule has 0 N–H and O–H groups in total. The minimum atomic E-state index is -0.972. The molecule has 3 aromatic rings. The van der Waals surface area contributed by atoms with Gasteiger partial charge in [-0.15, -0.1) is 11.3 Å². The van der Waals surface area contributed by atoms with Gasteiger partial charge in [-0.05, 0) is 45.4 Å². The fraction of sp³-hybridized carbons (Fsp3) is 0.333. The molecular formula is C21H23N3O4S. The van der Waals surface area contributed by atoms with Crippen molar-refractivity contribution in [3.8, 4) is 0 Å². The largest absolute Gasteiger partial charge is 0.451 e. The Kier molecular flexibility index (Phi) is 6.12. The van der Waals surface area contributed by atoms with Crippen LogP contribution < -0.4 is 10.5 Å². The summed E-state index contributed by atoms with van der Waals surface area (Å²) in [7, 11) is 0. The highest BCUT2D eigenvalue weighted by atomic mass is 32.1. The molecule has 0 aliphatic rings. The topological polar surface area (TPSA) is 81.5 Å². The number of carbonyl (C=O) groups is 2. The van der Waals surface area contributed by atoms with Gasteiger partial charge in [0.15, 0.2) is 6.10 Å². The Morgan fingerprint density at radius 3 is 2.59 bits per heavy atom. The van der Waals surface area contributed by atoms with Crippen molar-refractivity contribution < 1.29 is 14.3 Å². The molecule has 0 bridgehead atoms. The van der Waals surface area contributed by atoms with Gasteiger partial charge in [0.2, 0.25) is 0 Å². The van der Waals surface area contributed by atoms with Crippen LogP contribution in [0.5, 0.6) is 0 Å². The molecule has 7 nitrogen and oxygen atoms in total. The van der Waals surface area contributed by atoms with Crippen LogP contribution in [-0.4, -0.2) is 34.1 Å². The van der Waals surface area contributed by atoms with Gasteiger partial charge >= 0.3 is 5.97 Å². The number of carbonyl (C=O) groups excluding carboxylic acids is 2. The fourth-order valence-electron chi connectivity index (χ4n) is 3.10. The van der Waals surface area contributed by atoms with E-state index in [-0.39, 0.29) is 18.0 Å². The summed E-state index contributed by atoms with van der Waals surface area (Å²) in [5.41, 5.74) is 1.32. The standard InChI is InChI=1S/C21H23N3O4S/c1-5-24(16-9-7-6-8-10-16)20(26)14(3)28-17(25)11-23-12-22-19-18(21(23)27)13(2)15(4)29-19/h6-10,12,14H,5,11H2,1-4H3/t14-/m0/s1. The maximum absolute atomic E-state index is 12.7. The quantitative estimate of drug-likeness (QED) is 0.580. The lowest BCUT2D eigenvalue weighted by atomic mass is 10.2. The second kappa shape index (κ2) is 8.57. The van der Waals surface area contributed by atoms with Gasteiger partial charge in [-0.1, -0.05) is 18.2 Å². The fourth-order valence-corrected chi connectivity index (χ4v) is 4.09. The third-order valence-electron chi connectivity index (χ3n) is 4.76. The van der Waals surface area contributed by atoms with Crippen molar-refractivity contribution in [1.82, 2.24) is 9.55 Å². The molecule has 29 heavy (non-hydrogen) atoms. The van der Waals surface area contributed by atoms with E-state index in [1.165, 1.54) is 29.2 Å². The first kappa shape index (κ1) is 20.7. The van der Waals surface area contributed by atoms with E-state index in [1.807, 2.05) is 51.1 Å². The van der Waals surface area contributed by atoms with Gasteiger partial charge in [-0.3, -0.25) is 19.0 Å². The summed E-state index contributed by atoms with van der Waals surface area (Å²) in [6.07, 6.45) is 0.371. The number of esters is 1. The molecular weight excluding hydrogens is 390 g/mol. The number of hydrogen-bond donors (Lipinski definition) is 0. The average molecular weight is 413 g/mol. The van der Waals surface area contributed by atoms with E-state index in [0.717, 1.165) is 16.1 Å². The van der Waals surface area contributed by atoms with Crippen LogP contribution in [0.15, 0.2) is 41.5 Å². The Morgan fingerprint density at radius 1 is 1.24 bits per heavy atom. The second-order valence-electron chi connectivity index (χ2n) is 6.69. The van der Waals surface area contributed by atoms with Crippen molar-refractivity contribution in [2.75, 3.05) is 11.4 Å². The first-order chi connectivity index (χ1) is 13.8. The zero-order valence-corrected chi connectivity index (χ0v) is 17.7. The van der Waals surface area contributed by atoms with Crippen LogP contribution in [0.4, 0.5) is 5.69 Å². The zero-order valence-electron chi connectivity index (χ0n) is 16.8. The van der Waals surface area contributed by atoms with Gasteiger partial charge in [-0.25, -0.2) is 4.98 Å². The number of aryl methyl sites for hydroxylation is 2. The third kappa shape index (κ3) is 4.22. The van der Waals surface area contributed by atoms with Crippen LogP contribution in [0.1, 0.15) is 24.3 Å². The molecule has 1 amide bonds. The number of anilines is 1. The molecule has 0 unspecified atom stereocenters. The Hall–Kier alpha value is -3.00. The van der Waals surface area contributed by atoms with Crippen LogP contribution >= 0.6 is 11.3 Å². The lowest BCUT2D eigenvalue weighted by molar-refractivity contribution is -0.154. The number of para-hydroxylation sites is 1. The van der Waals surface area contributed by atoms with Crippen molar-refractivity contribution in [3.05, 3.63) is 57.5 Å². The Labute approximate surface area is 172 Å². The summed E-state index contributed by atoms with van der Waals surface area (Å²) in [4.78, 5) is 45.3. The monoisotopic (exact) mass is 413 g/mol. The van der Waals surface area contributed by atoms with Gasteiger partial charge < -0.3 is 9.64 Å². The highest BCUT2D eigenvalue weighted by Crippen LogP contribution is 2.25. The van der Waals surface area contributed by atoms with Crippen LogP contribution in [0.3, 0.4) is 0 Å². The van der Waals surface area contributed by atoms with Crippen molar-refractivity contribution in [3.63, 3.8) is 0 Å². The number of fused-ring (bicyclic) bond motifs is 1. The van der Waals surface area contributed by atoms with Crippen molar-refractivity contribution in [2.45, 2.75) is 40.3 Å². The van der Waals surface area contributed by atoms with Gasteiger partial charge in [0.25, 0.3) is 11.5 Å². The van der Waals surface area contributed by atoms with E-state index in [9.17, 15) is 14.4 Å². The summed E-state index contributed by atoms with van der Waals surface area (Å²) in [6, 6.07) is 9.19. The predicted molar refractivity (Wildman–Crippen MR) is 113 cm³/mol. The predicted octanol–water partition coefficient (Wildman–Crippen LogP) is 3.06. The smallest absolute Gasteiger partial charge is 0.326 e. The second-order valence-corrected chi connectivity index (χ2v) is 7.89. The third-order valence-corrected chi connectivity index (χ3v) is 5.88.